The lowest BCUT2D eigenvalue weighted by Gasteiger charge is -2.28. The molecule has 1 rings (SSSR count). The molecule has 0 unspecified atom stereocenters. The van der Waals surface area contributed by atoms with Gasteiger partial charge in [-0.2, -0.15) is 11.8 Å². The minimum atomic E-state index is -0.892. The smallest absolute Gasteiger partial charge is 0.323 e. The van der Waals surface area contributed by atoms with Crippen LogP contribution < -0.4 is 5.32 Å². The Hall–Kier alpha value is -1.09. The lowest BCUT2D eigenvalue weighted by atomic mass is 10.2. The lowest BCUT2D eigenvalue weighted by Crippen LogP contribution is -2.46. The van der Waals surface area contributed by atoms with Crippen LogP contribution in [0.2, 0.25) is 0 Å². The van der Waals surface area contributed by atoms with Gasteiger partial charge in [0.15, 0.2) is 6.23 Å². The molecule has 4 atom stereocenters. The number of aliphatic hydroxyl groups excluding tert-OH is 2. The predicted molar refractivity (Wildman–Crippen MR) is 75.2 cm³/mol. The van der Waals surface area contributed by atoms with Crippen LogP contribution in [0, 0.1) is 0 Å². The third-order valence-corrected chi connectivity index (χ3v) is 4.07. The number of ether oxygens (including phenoxy) is 1. The van der Waals surface area contributed by atoms with Crippen LogP contribution in [0.25, 0.3) is 0 Å². The molecule has 0 aliphatic carbocycles. The van der Waals surface area contributed by atoms with Gasteiger partial charge in [-0.3, -0.25) is 9.69 Å². The molecular formula is C12H20N2O5S. The molecule has 114 valence electrons. The number of carbonyl (C=O) groups is 2. The van der Waals surface area contributed by atoms with Gasteiger partial charge in [0.05, 0.1) is 18.0 Å². The number of hydrogen-bond acceptors (Lipinski definition) is 6. The average Bonchev–Trinajstić information content (AvgIpc) is 2.79. The van der Waals surface area contributed by atoms with Crippen LogP contribution in [0.4, 0.5) is 4.79 Å². The molecule has 2 amide bonds. The summed E-state index contributed by atoms with van der Waals surface area (Å²) in [7, 11) is 1.46. The molecule has 0 aromatic carbocycles. The van der Waals surface area contributed by atoms with Crippen LogP contribution in [0.15, 0.2) is 11.8 Å². The Morgan fingerprint density at radius 3 is 2.65 bits per heavy atom. The molecule has 1 aliphatic heterocycles. The van der Waals surface area contributed by atoms with Crippen molar-refractivity contribution >= 4 is 24.1 Å². The van der Waals surface area contributed by atoms with Crippen LogP contribution in [-0.4, -0.2) is 71.0 Å². The van der Waals surface area contributed by atoms with E-state index in [0.717, 1.165) is 0 Å². The number of carbonyl (C=O) groups excluding carboxylic acids is 2. The Labute approximate surface area is 122 Å². The van der Waals surface area contributed by atoms with E-state index in [9.17, 15) is 19.8 Å². The van der Waals surface area contributed by atoms with Crippen molar-refractivity contribution in [3.05, 3.63) is 11.8 Å². The number of allylic oxidation sites excluding steroid dienone is 1. The number of aldehydes is 1. The van der Waals surface area contributed by atoms with Crippen molar-refractivity contribution in [2.45, 2.75) is 30.6 Å². The number of urea groups is 1. The Kier molecular flexibility index (Phi) is 6.47. The van der Waals surface area contributed by atoms with Crippen molar-refractivity contribution in [3.8, 4) is 0 Å². The van der Waals surface area contributed by atoms with Crippen molar-refractivity contribution < 1.29 is 24.5 Å². The number of rotatable bonds is 5. The first kappa shape index (κ1) is 17.0. The fourth-order valence-corrected chi connectivity index (χ4v) is 2.86. The number of nitrogens with zero attached hydrogens (tertiary/aromatic N) is 1. The van der Waals surface area contributed by atoms with E-state index >= 15 is 0 Å². The summed E-state index contributed by atoms with van der Waals surface area (Å²) in [5, 5.41) is 21.3. The van der Waals surface area contributed by atoms with Crippen LogP contribution in [-0.2, 0) is 9.53 Å². The number of aliphatic hydroxyl groups is 2. The quantitative estimate of drug-likeness (QED) is 0.469. The third-order valence-electron chi connectivity index (χ3n) is 3.02. The number of thioether (sulfide) groups is 1. The first-order valence-corrected chi connectivity index (χ1v) is 7.39. The molecule has 0 saturated carbocycles. The van der Waals surface area contributed by atoms with Crippen LogP contribution in [0.3, 0.4) is 0 Å². The fraction of sp³-hybridized carbons (Fsp3) is 0.667. The highest BCUT2D eigenvalue weighted by Crippen LogP contribution is 2.32. The maximum Gasteiger partial charge on any atom is 0.323 e. The largest absolute Gasteiger partial charge is 0.394 e. The molecule has 8 heteroatoms. The van der Waals surface area contributed by atoms with Gasteiger partial charge in [0.2, 0.25) is 0 Å². The van der Waals surface area contributed by atoms with Gasteiger partial charge in [0, 0.05) is 18.8 Å². The van der Waals surface area contributed by atoms with E-state index in [2.05, 4.69) is 5.32 Å². The molecule has 0 bridgehead atoms. The maximum atomic E-state index is 11.9. The second kappa shape index (κ2) is 7.63. The van der Waals surface area contributed by atoms with Gasteiger partial charge in [-0.05, 0) is 13.2 Å². The highest BCUT2D eigenvalue weighted by molar-refractivity contribution is 7.99. The number of nitrogens with one attached hydrogen (secondary N) is 1. The first-order chi connectivity index (χ1) is 9.49. The van der Waals surface area contributed by atoms with Gasteiger partial charge in [-0.25, -0.2) is 4.79 Å². The topological polar surface area (TPSA) is 99.1 Å². The summed E-state index contributed by atoms with van der Waals surface area (Å²) < 4.78 is 5.54. The van der Waals surface area contributed by atoms with E-state index in [1.807, 2.05) is 0 Å². The molecule has 1 aliphatic rings. The van der Waals surface area contributed by atoms with Crippen molar-refractivity contribution in [1.29, 1.82) is 0 Å². The average molecular weight is 304 g/mol. The zero-order chi connectivity index (χ0) is 15.3. The molecule has 1 fully saturated rings. The summed E-state index contributed by atoms with van der Waals surface area (Å²) in [4.78, 5) is 23.9. The van der Waals surface area contributed by atoms with Crippen molar-refractivity contribution in [2.75, 3.05) is 19.9 Å². The summed E-state index contributed by atoms with van der Waals surface area (Å²) in [5.74, 6) is 0. The van der Waals surface area contributed by atoms with E-state index in [1.54, 1.807) is 13.2 Å². The van der Waals surface area contributed by atoms with Gasteiger partial charge >= 0.3 is 6.03 Å². The summed E-state index contributed by atoms with van der Waals surface area (Å²) in [6, 6.07) is -0.457. The van der Waals surface area contributed by atoms with Crippen LogP contribution in [0.1, 0.15) is 6.92 Å². The Morgan fingerprint density at radius 1 is 1.55 bits per heavy atom. The molecule has 1 saturated heterocycles. The number of hydrogen-bond donors (Lipinski definition) is 3. The van der Waals surface area contributed by atoms with E-state index in [0.29, 0.717) is 11.9 Å². The highest BCUT2D eigenvalue weighted by Gasteiger charge is 2.46. The summed E-state index contributed by atoms with van der Waals surface area (Å²) >= 11 is 1.33. The molecule has 0 spiro atoms. The monoisotopic (exact) mass is 304 g/mol. The SMILES string of the molecule is CNC(=O)N(/C=C(/C)C=O)[C@@H]1O[C@H](CO)[C@@H](O)[C@H]1SC. The molecule has 20 heavy (non-hydrogen) atoms. The van der Waals surface area contributed by atoms with Gasteiger partial charge in [0.1, 0.15) is 12.4 Å². The molecule has 0 aromatic rings. The van der Waals surface area contributed by atoms with Gasteiger partial charge in [-0.15, -0.1) is 0 Å². The van der Waals surface area contributed by atoms with Crippen LogP contribution >= 0.6 is 11.8 Å². The second-order valence-corrected chi connectivity index (χ2v) is 5.41. The second-order valence-electron chi connectivity index (χ2n) is 4.39. The molecule has 0 aromatic heterocycles. The normalized spacial score (nSPS) is 30.1. The Balaban J connectivity index is 3.06. The predicted octanol–water partition coefficient (Wildman–Crippen LogP) is -0.460. The molecule has 0 radical (unpaired) electrons. The molecule has 7 nitrogen and oxygen atoms in total. The van der Waals surface area contributed by atoms with Gasteiger partial charge in [0.25, 0.3) is 0 Å². The maximum absolute atomic E-state index is 11.9. The van der Waals surface area contributed by atoms with E-state index < -0.39 is 29.7 Å². The van der Waals surface area contributed by atoms with E-state index in [4.69, 9.17) is 4.74 Å². The summed E-state index contributed by atoms with van der Waals surface area (Å²) in [6.45, 7) is 1.22. The third kappa shape index (κ3) is 3.51. The molecular weight excluding hydrogens is 284 g/mol. The summed E-state index contributed by atoms with van der Waals surface area (Å²) in [5.41, 5.74) is 0.346. The van der Waals surface area contributed by atoms with E-state index in [-0.39, 0.29) is 6.61 Å². The Morgan fingerprint density at radius 2 is 2.20 bits per heavy atom. The minimum absolute atomic E-state index is 0.341. The number of amides is 2. The lowest BCUT2D eigenvalue weighted by molar-refractivity contribution is -0.105. The fourth-order valence-electron chi connectivity index (χ4n) is 1.97. The van der Waals surface area contributed by atoms with Crippen molar-refractivity contribution in [2.24, 2.45) is 0 Å². The molecule has 1 heterocycles. The van der Waals surface area contributed by atoms with E-state index in [1.165, 1.54) is 29.9 Å². The van der Waals surface area contributed by atoms with Crippen LogP contribution in [0.5, 0.6) is 0 Å². The van der Waals surface area contributed by atoms with Crippen molar-refractivity contribution in [1.82, 2.24) is 10.2 Å². The van der Waals surface area contributed by atoms with Crippen molar-refractivity contribution in [3.63, 3.8) is 0 Å². The van der Waals surface area contributed by atoms with Gasteiger partial charge < -0.3 is 20.3 Å². The minimum Gasteiger partial charge on any atom is -0.394 e. The zero-order valence-corrected chi connectivity index (χ0v) is 12.5. The zero-order valence-electron chi connectivity index (χ0n) is 11.6. The van der Waals surface area contributed by atoms with Gasteiger partial charge in [-0.1, -0.05) is 0 Å². The Bertz CT molecular complexity index is 390. The molecule has 3 N–H and O–H groups in total. The first-order valence-electron chi connectivity index (χ1n) is 6.11. The summed E-state index contributed by atoms with van der Waals surface area (Å²) in [6.07, 6.45) is 1.37. The highest BCUT2D eigenvalue weighted by atomic mass is 32.2. The standard InChI is InChI=1S/C12H20N2O5S/c1-7(5-15)4-14(12(18)13-2)11-10(20-3)9(17)8(6-16)19-11/h4-5,8-11,16-17H,6H2,1-3H3,(H,13,18)/b7-4-/t8-,9-,10-,11-/m1/s1.